The molecule has 1 atom stereocenters. The summed E-state index contributed by atoms with van der Waals surface area (Å²) >= 11 is 6.07. The Morgan fingerprint density at radius 3 is 2.05 bits per heavy atom. The molecule has 3 aromatic rings. The Balaban J connectivity index is 1.78. The zero-order valence-corrected chi connectivity index (χ0v) is 23.2. The van der Waals surface area contributed by atoms with Crippen molar-refractivity contribution in [1.82, 2.24) is 0 Å². The summed E-state index contributed by atoms with van der Waals surface area (Å²) in [4.78, 5) is 26.0. The Hall–Kier alpha value is -3.36. The van der Waals surface area contributed by atoms with Crippen LogP contribution in [0.5, 0.6) is 0 Å². The highest BCUT2D eigenvalue weighted by Gasteiger charge is 2.31. The lowest BCUT2D eigenvalue weighted by atomic mass is 9.87. The molecule has 2 amide bonds. The summed E-state index contributed by atoms with van der Waals surface area (Å²) in [7, 11) is -3.79. The molecule has 0 fully saturated rings. The standard InChI is InChI=1S/C28H32ClN3O4S/c1-6-25(32(37(5,35)36)24-12-7-9-21(29)17-24)27(34)31-23-11-8-10-22(18-23)30-26(33)19-13-15-20(16-14-19)28(2,3)4/h7-18,25H,6H2,1-5H3,(H,30,33)(H,31,34). The lowest BCUT2D eigenvalue weighted by molar-refractivity contribution is -0.117. The molecule has 1 unspecified atom stereocenters. The van der Waals surface area contributed by atoms with E-state index in [1.807, 2.05) is 12.1 Å². The Labute approximate surface area is 223 Å². The van der Waals surface area contributed by atoms with Gasteiger partial charge in [-0.3, -0.25) is 13.9 Å². The van der Waals surface area contributed by atoms with Crippen molar-refractivity contribution in [3.8, 4) is 0 Å². The number of hydrogen-bond donors (Lipinski definition) is 2. The van der Waals surface area contributed by atoms with Gasteiger partial charge in [-0.2, -0.15) is 0 Å². The molecule has 0 heterocycles. The second kappa shape index (κ2) is 11.4. The maximum Gasteiger partial charge on any atom is 0.255 e. The van der Waals surface area contributed by atoms with E-state index >= 15 is 0 Å². The number of carbonyl (C=O) groups is 2. The Bertz CT molecular complexity index is 1380. The fourth-order valence-corrected chi connectivity index (χ4v) is 5.29. The summed E-state index contributed by atoms with van der Waals surface area (Å²) in [6, 6.07) is 19.5. The normalized spacial score (nSPS) is 12.5. The molecule has 0 saturated heterocycles. The SMILES string of the molecule is CCC(C(=O)Nc1cccc(NC(=O)c2ccc(C(C)(C)C)cc2)c1)N(c1cccc(Cl)c1)S(C)(=O)=O. The van der Waals surface area contributed by atoms with Gasteiger partial charge in [0.1, 0.15) is 6.04 Å². The quantitative estimate of drug-likeness (QED) is 0.361. The van der Waals surface area contributed by atoms with Gasteiger partial charge < -0.3 is 10.6 Å². The van der Waals surface area contributed by atoms with Gasteiger partial charge in [-0.15, -0.1) is 0 Å². The van der Waals surface area contributed by atoms with Crippen LogP contribution < -0.4 is 14.9 Å². The maximum atomic E-state index is 13.2. The van der Waals surface area contributed by atoms with Gasteiger partial charge in [-0.05, 0) is 65.9 Å². The summed E-state index contributed by atoms with van der Waals surface area (Å²) in [5.41, 5.74) is 2.83. The summed E-state index contributed by atoms with van der Waals surface area (Å²) in [5, 5.41) is 5.98. The number of carbonyl (C=O) groups excluding carboxylic acids is 2. The maximum absolute atomic E-state index is 13.2. The van der Waals surface area contributed by atoms with E-state index in [1.165, 1.54) is 6.07 Å². The molecular weight excluding hydrogens is 510 g/mol. The van der Waals surface area contributed by atoms with Crippen molar-refractivity contribution in [2.24, 2.45) is 0 Å². The first-order valence-electron chi connectivity index (χ1n) is 11.9. The van der Waals surface area contributed by atoms with Gasteiger partial charge in [0.05, 0.1) is 11.9 Å². The number of amides is 2. The average Bonchev–Trinajstić information content (AvgIpc) is 2.81. The molecule has 9 heteroatoms. The molecular formula is C28H32ClN3O4S. The van der Waals surface area contributed by atoms with E-state index in [0.29, 0.717) is 27.6 Å². The summed E-state index contributed by atoms with van der Waals surface area (Å²) in [6.07, 6.45) is 1.28. The number of sulfonamides is 1. The van der Waals surface area contributed by atoms with E-state index in [4.69, 9.17) is 11.6 Å². The zero-order chi connectivity index (χ0) is 27.4. The van der Waals surface area contributed by atoms with Gasteiger partial charge >= 0.3 is 0 Å². The van der Waals surface area contributed by atoms with Gasteiger partial charge in [-0.1, -0.05) is 63.6 Å². The minimum absolute atomic E-state index is 0.0165. The minimum atomic E-state index is -3.79. The molecule has 7 nitrogen and oxygen atoms in total. The van der Waals surface area contributed by atoms with Crippen molar-refractivity contribution in [1.29, 1.82) is 0 Å². The number of rotatable bonds is 8. The van der Waals surface area contributed by atoms with Crippen LogP contribution in [0.1, 0.15) is 50.0 Å². The number of hydrogen-bond acceptors (Lipinski definition) is 4. The van der Waals surface area contributed by atoms with E-state index < -0.39 is 22.0 Å². The van der Waals surface area contributed by atoms with Gasteiger partial charge in [-0.25, -0.2) is 8.42 Å². The number of benzene rings is 3. The van der Waals surface area contributed by atoms with Crippen molar-refractivity contribution < 1.29 is 18.0 Å². The molecule has 2 N–H and O–H groups in total. The van der Waals surface area contributed by atoms with E-state index in [9.17, 15) is 18.0 Å². The van der Waals surface area contributed by atoms with Crippen molar-refractivity contribution in [2.45, 2.75) is 45.6 Å². The third-order valence-corrected chi connectivity index (χ3v) is 7.21. The Kier molecular flexibility index (Phi) is 8.66. The molecule has 0 radical (unpaired) electrons. The molecule has 0 bridgehead atoms. The Morgan fingerprint density at radius 1 is 0.919 bits per heavy atom. The highest BCUT2D eigenvalue weighted by Crippen LogP contribution is 2.27. The van der Waals surface area contributed by atoms with Crippen LogP contribution >= 0.6 is 11.6 Å². The predicted octanol–water partition coefficient (Wildman–Crippen LogP) is 6.07. The first kappa shape index (κ1) is 28.2. The molecule has 37 heavy (non-hydrogen) atoms. The van der Waals surface area contributed by atoms with Crippen molar-refractivity contribution in [3.05, 3.63) is 88.9 Å². The molecule has 3 aromatic carbocycles. The van der Waals surface area contributed by atoms with Crippen LogP contribution in [0.4, 0.5) is 17.1 Å². The third kappa shape index (κ3) is 7.33. The molecule has 0 spiro atoms. The van der Waals surface area contributed by atoms with Crippen LogP contribution in [0.15, 0.2) is 72.8 Å². The topological polar surface area (TPSA) is 95.6 Å². The smallest absolute Gasteiger partial charge is 0.255 e. The number of nitrogens with zero attached hydrogens (tertiary/aromatic N) is 1. The number of anilines is 3. The van der Waals surface area contributed by atoms with Crippen molar-refractivity contribution >= 4 is 50.5 Å². The summed E-state index contributed by atoms with van der Waals surface area (Å²) in [6.45, 7) is 8.05. The fourth-order valence-electron chi connectivity index (χ4n) is 3.90. The summed E-state index contributed by atoms with van der Waals surface area (Å²) < 4.78 is 26.4. The van der Waals surface area contributed by atoms with E-state index in [1.54, 1.807) is 61.5 Å². The van der Waals surface area contributed by atoms with Crippen LogP contribution in [0.2, 0.25) is 5.02 Å². The van der Waals surface area contributed by atoms with Crippen LogP contribution in [0.25, 0.3) is 0 Å². The van der Waals surface area contributed by atoms with Crippen LogP contribution in [0.3, 0.4) is 0 Å². The molecule has 196 valence electrons. The molecule has 3 rings (SSSR count). The average molecular weight is 542 g/mol. The Morgan fingerprint density at radius 2 is 1.51 bits per heavy atom. The first-order chi connectivity index (χ1) is 17.3. The number of halogens is 1. The van der Waals surface area contributed by atoms with E-state index in [0.717, 1.165) is 16.1 Å². The zero-order valence-electron chi connectivity index (χ0n) is 21.6. The first-order valence-corrected chi connectivity index (χ1v) is 14.1. The van der Waals surface area contributed by atoms with Crippen LogP contribution in [-0.2, 0) is 20.2 Å². The minimum Gasteiger partial charge on any atom is -0.324 e. The number of nitrogens with one attached hydrogen (secondary N) is 2. The molecule has 0 aliphatic rings. The van der Waals surface area contributed by atoms with Crippen molar-refractivity contribution in [2.75, 3.05) is 21.2 Å². The molecule has 0 saturated carbocycles. The predicted molar refractivity (Wildman–Crippen MR) is 151 cm³/mol. The fraction of sp³-hybridized carbons (Fsp3) is 0.286. The van der Waals surface area contributed by atoms with Crippen LogP contribution in [0, 0.1) is 0 Å². The highest BCUT2D eigenvalue weighted by atomic mass is 35.5. The molecule has 0 aromatic heterocycles. The van der Waals surface area contributed by atoms with Gasteiger partial charge in [0.15, 0.2) is 0 Å². The van der Waals surface area contributed by atoms with E-state index in [2.05, 4.69) is 31.4 Å². The van der Waals surface area contributed by atoms with Gasteiger partial charge in [0.2, 0.25) is 15.9 Å². The second-order valence-corrected chi connectivity index (χ2v) is 12.1. The van der Waals surface area contributed by atoms with Crippen LogP contribution in [-0.4, -0.2) is 32.5 Å². The molecule has 0 aliphatic carbocycles. The van der Waals surface area contributed by atoms with Gasteiger partial charge in [0, 0.05) is 22.0 Å². The molecule has 0 aliphatic heterocycles. The van der Waals surface area contributed by atoms with Crippen molar-refractivity contribution in [3.63, 3.8) is 0 Å². The second-order valence-electron chi connectivity index (χ2n) is 9.81. The van der Waals surface area contributed by atoms with Gasteiger partial charge in [0.25, 0.3) is 5.91 Å². The lowest BCUT2D eigenvalue weighted by Gasteiger charge is -2.30. The largest absolute Gasteiger partial charge is 0.324 e. The third-order valence-electron chi connectivity index (χ3n) is 5.79. The lowest BCUT2D eigenvalue weighted by Crippen LogP contribution is -2.47. The highest BCUT2D eigenvalue weighted by molar-refractivity contribution is 7.92. The monoisotopic (exact) mass is 541 g/mol. The van der Waals surface area contributed by atoms with E-state index in [-0.39, 0.29) is 17.7 Å². The summed E-state index contributed by atoms with van der Waals surface area (Å²) in [5.74, 6) is -0.784.